The highest BCUT2D eigenvalue weighted by atomic mass is 32.2. The van der Waals surface area contributed by atoms with E-state index >= 15 is 0 Å². The number of alkyl halides is 3. The molecule has 0 aliphatic heterocycles. The van der Waals surface area contributed by atoms with E-state index in [-0.39, 0.29) is 4.90 Å². The minimum atomic E-state index is -4.41. The van der Waals surface area contributed by atoms with Crippen LogP contribution in [0.1, 0.15) is 19.4 Å². The Labute approximate surface area is 225 Å². The van der Waals surface area contributed by atoms with Crippen LogP contribution in [0.2, 0.25) is 0 Å². The number of hydrogen-bond acceptors (Lipinski definition) is 6. The molecule has 0 aliphatic rings. The predicted octanol–water partition coefficient (Wildman–Crippen LogP) is 6.78. The van der Waals surface area contributed by atoms with Gasteiger partial charge in [-0.05, 0) is 48.4 Å². The Morgan fingerprint density at radius 3 is 2.31 bits per heavy atom. The number of hydrogen-bond donors (Lipinski definition) is 2. The second kappa shape index (κ2) is 9.78. The fraction of sp³-hybridized carbons (Fsp3) is 0.185. The quantitative estimate of drug-likeness (QED) is 0.222. The lowest BCUT2D eigenvalue weighted by molar-refractivity contribution is -0.140. The van der Waals surface area contributed by atoms with Gasteiger partial charge in [-0.3, -0.25) is 4.79 Å². The Morgan fingerprint density at radius 2 is 1.67 bits per heavy atom. The van der Waals surface area contributed by atoms with E-state index in [0.29, 0.717) is 32.8 Å². The fourth-order valence-electron chi connectivity index (χ4n) is 4.13. The van der Waals surface area contributed by atoms with Crippen molar-refractivity contribution in [1.29, 1.82) is 0 Å². The predicted molar refractivity (Wildman–Crippen MR) is 142 cm³/mol. The van der Waals surface area contributed by atoms with Crippen LogP contribution >= 0.6 is 11.3 Å². The number of aromatic nitrogens is 1. The number of aliphatic carboxylic acids is 1. The third-order valence-corrected chi connectivity index (χ3v) is 8.56. The SMILES string of the molecule is CC(C)[C@H](NS(=O)(=O)c1ccc2c(c1)oc1ccc(-c3nc(-c4ccc(C(F)(F)F)cc4)cs3)cc12)C(=O)O. The van der Waals surface area contributed by atoms with E-state index in [2.05, 4.69) is 9.71 Å². The lowest BCUT2D eigenvalue weighted by Gasteiger charge is -2.17. The van der Waals surface area contributed by atoms with Crippen LogP contribution in [0.5, 0.6) is 0 Å². The summed E-state index contributed by atoms with van der Waals surface area (Å²) in [5.41, 5.74) is 1.96. The summed E-state index contributed by atoms with van der Waals surface area (Å²) in [5.74, 6) is -1.73. The van der Waals surface area contributed by atoms with Crippen LogP contribution in [0.15, 0.2) is 75.4 Å². The molecule has 1 atom stereocenters. The van der Waals surface area contributed by atoms with Gasteiger partial charge in [0.1, 0.15) is 22.2 Å². The third kappa shape index (κ3) is 5.27. The van der Waals surface area contributed by atoms with Crippen molar-refractivity contribution < 1.29 is 35.9 Å². The number of rotatable bonds is 7. The second-order valence-electron chi connectivity index (χ2n) is 9.27. The lowest BCUT2D eigenvalue weighted by atomic mass is 10.1. The molecule has 0 saturated heterocycles. The minimum Gasteiger partial charge on any atom is -0.480 e. The number of nitrogens with one attached hydrogen (secondary N) is 1. The van der Waals surface area contributed by atoms with Gasteiger partial charge in [0.05, 0.1) is 16.2 Å². The Bertz CT molecular complexity index is 1810. The molecule has 2 N–H and O–H groups in total. The number of nitrogens with zero attached hydrogens (tertiary/aromatic N) is 1. The van der Waals surface area contributed by atoms with Crippen LogP contribution in [-0.4, -0.2) is 30.5 Å². The van der Waals surface area contributed by atoms with Gasteiger partial charge in [0.2, 0.25) is 10.0 Å². The molecule has 5 aromatic rings. The highest BCUT2D eigenvalue weighted by Crippen LogP contribution is 2.36. The number of thiazole rings is 1. The summed E-state index contributed by atoms with van der Waals surface area (Å²) in [4.78, 5) is 15.9. The molecule has 0 aliphatic carbocycles. The molecule has 0 spiro atoms. The van der Waals surface area contributed by atoms with Crippen LogP contribution < -0.4 is 4.72 Å². The summed E-state index contributed by atoms with van der Waals surface area (Å²) in [6.07, 6.45) is -4.41. The van der Waals surface area contributed by atoms with Gasteiger partial charge in [0.25, 0.3) is 0 Å². The molecule has 0 saturated carbocycles. The van der Waals surface area contributed by atoms with Gasteiger partial charge in [-0.15, -0.1) is 11.3 Å². The van der Waals surface area contributed by atoms with Crippen LogP contribution in [0.3, 0.4) is 0 Å². The monoisotopic (exact) mass is 574 g/mol. The van der Waals surface area contributed by atoms with Crippen molar-refractivity contribution in [2.75, 3.05) is 0 Å². The molecule has 0 bridgehead atoms. The molecular weight excluding hydrogens is 553 g/mol. The van der Waals surface area contributed by atoms with Crippen molar-refractivity contribution in [3.63, 3.8) is 0 Å². The van der Waals surface area contributed by atoms with Gasteiger partial charge < -0.3 is 9.52 Å². The van der Waals surface area contributed by atoms with Crippen LogP contribution in [0.4, 0.5) is 13.2 Å². The van der Waals surface area contributed by atoms with Crippen LogP contribution in [0.25, 0.3) is 43.8 Å². The zero-order valence-electron chi connectivity index (χ0n) is 20.5. The Kier molecular flexibility index (Phi) is 6.73. The largest absolute Gasteiger partial charge is 0.480 e. The van der Waals surface area contributed by atoms with E-state index in [1.807, 2.05) is 6.07 Å². The molecule has 0 amide bonds. The summed E-state index contributed by atoms with van der Waals surface area (Å²) < 4.78 is 72.4. The van der Waals surface area contributed by atoms with Gasteiger partial charge in [-0.25, -0.2) is 13.4 Å². The van der Waals surface area contributed by atoms with E-state index in [1.165, 1.54) is 35.6 Å². The molecule has 0 unspecified atom stereocenters. The highest BCUT2D eigenvalue weighted by Gasteiger charge is 2.30. The lowest BCUT2D eigenvalue weighted by Crippen LogP contribution is -2.44. The van der Waals surface area contributed by atoms with E-state index in [0.717, 1.165) is 23.1 Å². The molecular formula is C27H21F3N2O5S2. The first-order valence-corrected chi connectivity index (χ1v) is 14.0. The van der Waals surface area contributed by atoms with E-state index in [4.69, 9.17) is 4.42 Å². The first-order chi connectivity index (χ1) is 18.3. The molecule has 3 aromatic carbocycles. The Balaban J connectivity index is 1.46. The minimum absolute atomic E-state index is 0.123. The maximum absolute atomic E-state index is 12.9. The van der Waals surface area contributed by atoms with Crippen molar-refractivity contribution in [3.8, 4) is 21.8 Å². The highest BCUT2D eigenvalue weighted by molar-refractivity contribution is 7.89. The maximum Gasteiger partial charge on any atom is 0.416 e. The number of halogens is 3. The molecule has 2 aromatic heterocycles. The van der Waals surface area contributed by atoms with Crippen molar-refractivity contribution in [2.24, 2.45) is 5.92 Å². The fourth-order valence-corrected chi connectivity index (χ4v) is 6.31. The number of fused-ring (bicyclic) bond motifs is 3. The van der Waals surface area contributed by atoms with Gasteiger partial charge in [0.15, 0.2) is 0 Å². The molecule has 0 radical (unpaired) electrons. The third-order valence-electron chi connectivity index (χ3n) is 6.23. The molecule has 202 valence electrons. The molecule has 12 heteroatoms. The average molecular weight is 575 g/mol. The number of carbonyl (C=O) groups is 1. The topological polar surface area (TPSA) is 110 Å². The number of carboxylic acid groups (broad SMARTS) is 1. The van der Waals surface area contributed by atoms with E-state index < -0.39 is 39.7 Å². The number of carboxylic acids is 1. The van der Waals surface area contributed by atoms with Crippen LogP contribution in [0, 0.1) is 5.92 Å². The van der Waals surface area contributed by atoms with Crippen molar-refractivity contribution in [2.45, 2.75) is 31.0 Å². The number of sulfonamides is 1. The smallest absolute Gasteiger partial charge is 0.416 e. The van der Waals surface area contributed by atoms with Crippen molar-refractivity contribution >= 4 is 49.3 Å². The summed E-state index contributed by atoms with van der Waals surface area (Å²) >= 11 is 1.34. The maximum atomic E-state index is 12.9. The van der Waals surface area contributed by atoms with E-state index in [1.54, 1.807) is 37.4 Å². The Hall–Kier alpha value is -3.74. The first-order valence-electron chi connectivity index (χ1n) is 11.7. The van der Waals surface area contributed by atoms with Gasteiger partial charge in [-0.2, -0.15) is 17.9 Å². The zero-order chi connectivity index (χ0) is 28.1. The number of benzene rings is 3. The molecule has 39 heavy (non-hydrogen) atoms. The van der Waals surface area contributed by atoms with Crippen molar-refractivity contribution in [1.82, 2.24) is 9.71 Å². The molecule has 0 fully saturated rings. The first kappa shape index (κ1) is 26.9. The van der Waals surface area contributed by atoms with Gasteiger partial charge >= 0.3 is 12.1 Å². The summed E-state index contributed by atoms with van der Waals surface area (Å²) in [6.45, 7) is 3.21. The Morgan fingerprint density at radius 1 is 0.974 bits per heavy atom. The molecule has 5 rings (SSSR count). The van der Waals surface area contributed by atoms with Gasteiger partial charge in [-0.1, -0.05) is 26.0 Å². The van der Waals surface area contributed by atoms with E-state index in [9.17, 15) is 31.5 Å². The molecule has 2 heterocycles. The zero-order valence-corrected chi connectivity index (χ0v) is 22.1. The second-order valence-corrected chi connectivity index (χ2v) is 11.8. The normalized spacial score (nSPS) is 13.4. The summed E-state index contributed by atoms with van der Waals surface area (Å²) in [7, 11) is -4.13. The molecule has 7 nitrogen and oxygen atoms in total. The average Bonchev–Trinajstić information content (AvgIpc) is 3.51. The summed E-state index contributed by atoms with van der Waals surface area (Å²) in [5, 5.41) is 13.1. The van der Waals surface area contributed by atoms with Crippen LogP contribution in [-0.2, 0) is 21.0 Å². The van der Waals surface area contributed by atoms with Gasteiger partial charge in [0, 0.05) is 33.3 Å². The number of furan rings is 1. The summed E-state index contributed by atoms with van der Waals surface area (Å²) in [6, 6.07) is 13.2. The van der Waals surface area contributed by atoms with Crippen molar-refractivity contribution in [3.05, 3.63) is 71.6 Å². The standard InChI is InChI=1S/C27H21F3N2O5S2/c1-14(2)24(26(33)34)32-39(35,36)18-8-9-19-20-11-16(5-10-22(20)37-23(19)12-18)25-31-21(13-38-25)15-3-6-17(7-4-15)27(28,29)30/h3-14,24,32H,1-2H3,(H,33,34)/t24-/m0/s1.